The molecule has 2 N–H and O–H groups in total. The quantitative estimate of drug-likeness (QED) is 0.186. The zero-order chi connectivity index (χ0) is 33.3. The van der Waals surface area contributed by atoms with Crippen molar-refractivity contribution < 1.29 is 38.1 Å². The summed E-state index contributed by atoms with van der Waals surface area (Å²) in [5.41, 5.74) is 8.17. The van der Waals surface area contributed by atoms with Gasteiger partial charge >= 0.3 is 11.9 Å². The van der Waals surface area contributed by atoms with Crippen molar-refractivity contribution in [1.82, 2.24) is 9.97 Å². The van der Waals surface area contributed by atoms with Gasteiger partial charge in [-0.3, -0.25) is 19.6 Å². The first kappa shape index (κ1) is 31.8. The number of aryl methyl sites for hydroxylation is 2. The Labute approximate surface area is 278 Å². The normalized spacial score (nSPS) is 10.9. The summed E-state index contributed by atoms with van der Waals surface area (Å²) >= 11 is 0. The number of hydrogen-bond acceptors (Lipinski definition) is 4. The average molecular weight is 641 g/mol. The molecule has 0 aromatic carbocycles. The van der Waals surface area contributed by atoms with E-state index in [2.05, 4.69) is 80.3 Å². The van der Waals surface area contributed by atoms with E-state index in [9.17, 15) is 9.59 Å². The number of hydrogen-bond donors (Lipinski definition) is 2. The van der Waals surface area contributed by atoms with Crippen LogP contribution in [0.5, 0.6) is 0 Å². The Balaban J connectivity index is 1.08. The lowest BCUT2D eigenvalue weighted by Gasteiger charge is -2.05. The number of carbonyl (C=O) groups is 2. The third-order valence-corrected chi connectivity index (χ3v) is 8.04. The molecular weight excluding hydrogens is 604 g/mol. The van der Waals surface area contributed by atoms with Crippen molar-refractivity contribution in [3.8, 4) is 33.6 Å². The van der Waals surface area contributed by atoms with Crippen LogP contribution in [0, 0.1) is 0 Å². The molecule has 238 valence electrons. The van der Waals surface area contributed by atoms with Gasteiger partial charge in [0.1, 0.15) is 12.8 Å². The highest BCUT2D eigenvalue weighted by Gasteiger charge is 2.12. The maximum Gasteiger partial charge on any atom is 0.309 e. The van der Waals surface area contributed by atoms with E-state index in [1.807, 2.05) is 82.7 Å². The number of aromatic nitrogens is 6. The second-order valence-corrected chi connectivity index (χ2v) is 11.6. The van der Waals surface area contributed by atoms with E-state index in [4.69, 9.17) is 10.2 Å². The molecular formula is C38H36N6O4+4. The van der Waals surface area contributed by atoms with E-state index in [0.29, 0.717) is 26.2 Å². The van der Waals surface area contributed by atoms with Crippen molar-refractivity contribution in [2.24, 2.45) is 0 Å². The summed E-state index contributed by atoms with van der Waals surface area (Å²) in [5.74, 6) is -1.61. The fourth-order valence-electron chi connectivity index (χ4n) is 5.40. The first-order valence-electron chi connectivity index (χ1n) is 15.7. The molecule has 6 heterocycles. The molecule has 0 saturated heterocycles. The zero-order valence-electron chi connectivity index (χ0n) is 26.3. The van der Waals surface area contributed by atoms with Crippen molar-refractivity contribution in [3.63, 3.8) is 0 Å². The van der Waals surface area contributed by atoms with Gasteiger partial charge in [0.2, 0.25) is 0 Å². The maximum atomic E-state index is 10.8. The van der Waals surface area contributed by atoms with Crippen molar-refractivity contribution in [1.29, 1.82) is 0 Å². The molecule has 0 unspecified atom stereocenters. The summed E-state index contributed by atoms with van der Waals surface area (Å²) in [6.07, 6.45) is 19.7. The van der Waals surface area contributed by atoms with Crippen LogP contribution in [0.25, 0.3) is 33.6 Å². The van der Waals surface area contributed by atoms with E-state index < -0.39 is 11.9 Å². The second kappa shape index (κ2) is 15.0. The first-order chi connectivity index (χ1) is 23.4. The monoisotopic (exact) mass is 640 g/mol. The second-order valence-electron chi connectivity index (χ2n) is 11.6. The summed E-state index contributed by atoms with van der Waals surface area (Å²) in [6.45, 7) is 2.26. The molecule has 0 aliphatic heterocycles. The van der Waals surface area contributed by atoms with Gasteiger partial charge in [0, 0.05) is 72.1 Å². The van der Waals surface area contributed by atoms with Crippen molar-refractivity contribution in [2.45, 2.75) is 39.0 Å². The molecule has 0 fully saturated rings. The van der Waals surface area contributed by atoms with Crippen LogP contribution in [-0.2, 0) is 35.8 Å². The summed E-state index contributed by atoms with van der Waals surface area (Å²) < 4.78 is 7.99. The lowest BCUT2D eigenvalue weighted by atomic mass is 10.1. The van der Waals surface area contributed by atoms with Crippen LogP contribution in [0.1, 0.15) is 24.0 Å². The van der Waals surface area contributed by atoms with Crippen molar-refractivity contribution in [3.05, 3.63) is 146 Å². The predicted molar refractivity (Wildman–Crippen MR) is 175 cm³/mol. The Bertz CT molecular complexity index is 1870. The van der Waals surface area contributed by atoms with Crippen LogP contribution >= 0.6 is 0 Å². The van der Waals surface area contributed by atoms with Crippen LogP contribution in [0.2, 0.25) is 0 Å². The first-order valence-corrected chi connectivity index (χ1v) is 15.7. The third-order valence-electron chi connectivity index (χ3n) is 8.04. The van der Waals surface area contributed by atoms with Gasteiger partial charge in [-0.15, -0.1) is 0 Å². The number of aliphatic carboxylic acids is 2. The molecule has 0 spiro atoms. The topological polar surface area (TPSA) is 116 Å². The van der Waals surface area contributed by atoms with Crippen LogP contribution in [0.3, 0.4) is 0 Å². The molecule has 10 nitrogen and oxygen atoms in total. The summed E-state index contributed by atoms with van der Waals surface area (Å²) in [7, 11) is 0. The highest BCUT2D eigenvalue weighted by molar-refractivity contribution is 5.66. The van der Waals surface area contributed by atoms with Crippen LogP contribution < -0.4 is 18.3 Å². The molecule has 0 bridgehead atoms. The minimum Gasteiger partial charge on any atom is -0.481 e. The summed E-state index contributed by atoms with van der Waals surface area (Å²) in [4.78, 5) is 30.9. The molecule has 0 aliphatic rings. The third kappa shape index (κ3) is 8.55. The molecule has 0 atom stereocenters. The Kier molecular flexibility index (Phi) is 9.91. The molecule has 0 aliphatic carbocycles. The highest BCUT2D eigenvalue weighted by Crippen LogP contribution is 2.19. The molecule has 0 amide bonds. The largest absolute Gasteiger partial charge is 0.481 e. The Hall–Kier alpha value is -6.16. The van der Waals surface area contributed by atoms with E-state index in [1.165, 1.54) is 0 Å². The van der Waals surface area contributed by atoms with Crippen LogP contribution in [0.4, 0.5) is 0 Å². The van der Waals surface area contributed by atoms with Gasteiger partial charge in [-0.05, 0) is 46.5 Å². The SMILES string of the molecule is O=C(O)CC[n+]1ccc(-c2cc[n+](Cc3ccnc(-c4cc(C[n+]5ccc(-c6cc[n+](CCC(=O)O)cc6)cc5)ccn4)c3)cc2)cc1. The van der Waals surface area contributed by atoms with Crippen molar-refractivity contribution >= 4 is 11.9 Å². The molecule has 6 rings (SSSR count). The van der Waals surface area contributed by atoms with Gasteiger partial charge in [0.05, 0.1) is 11.4 Å². The number of rotatable bonds is 13. The molecule has 10 heteroatoms. The maximum absolute atomic E-state index is 10.8. The molecule has 0 saturated carbocycles. The lowest BCUT2D eigenvalue weighted by Crippen LogP contribution is -2.34. The van der Waals surface area contributed by atoms with Gasteiger partial charge in [0.15, 0.2) is 75.8 Å². The van der Waals surface area contributed by atoms with Gasteiger partial charge in [0.25, 0.3) is 0 Å². The highest BCUT2D eigenvalue weighted by atomic mass is 16.4. The minimum absolute atomic E-state index is 0.0964. The fourth-order valence-corrected chi connectivity index (χ4v) is 5.40. The van der Waals surface area contributed by atoms with Gasteiger partial charge in [-0.2, -0.15) is 0 Å². The van der Waals surface area contributed by atoms with Crippen molar-refractivity contribution in [2.75, 3.05) is 0 Å². The zero-order valence-corrected chi connectivity index (χ0v) is 26.3. The number of carboxylic acids is 2. The number of pyridine rings is 6. The number of nitrogens with zero attached hydrogens (tertiary/aromatic N) is 6. The van der Waals surface area contributed by atoms with Gasteiger partial charge in [-0.25, -0.2) is 18.3 Å². The van der Waals surface area contributed by atoms with E-state index in [1.54, 1.807) is 0 Å². The van der Waals surface area contributed by atoms with E-state index >= 15 is 0 Å². The van der Waals surface area contributed by atoms with Gasteiger partial charge in [-0.1, -0.05) is 0 Å². The van der Waals surface area contributed by atoms with Gasteiger partial charge < -0.3 is 10.2 Å². The fraction of sp³-hybridized carbons (Fsp3) is 0.158. The summed E-state index contributed by atoms with van der Waals surface area (Å²) in [6, 6.07) is 24.5. The Morgan fingerprint density at radius 3 is 1.10 bits per heavy atom. The summed E-state index contributed by atoms with van der Waals surface area (Å²) in [5, 5.41) is 17.8. The predicted octanol–water partition coefficient (Wildman–Crippen LogP) is 3.67. The van der Waals surface area contributed by atoms with Crippen LogP contribution in [0.15, 0.2) is 135 Å². The molecule has 6 aromatic rings. The Morgan fingerprint density at radius 1 is 0.479 bits per heavy atom. The lowest BCUT2D eigenvalue weighted by molar-refractivity contribution is -0.696. The molecule has 6 aromatic heterocycles. The standard InChI is InChI=1S/C38H34N6O4/c45-37(46)11-23-41-15-3-31(4-16-41)33-7-19-43(20-8-33)27-29-1-13-39-35(25-29)36-26-30(2-14-40-36)28-44-21-9-34(10-22-44)32-5-17-42(18-6-32)24-12-38(47)48/h1-10,13-22,25-26H,11-12,23-24,27-28H2/q+2/p+2. The van der Waals surface area contributed by atoms with E-state index in [-0.39, 0.29) is 12.8 Å². The Morgan fingerprint density at radius 2 is 0.792 bits per heavy atom. The molecule has 48 heavy (non-hydrogen) atoms. The number of carboxylic acid groups (broad SMARTS) is 2. The average Bonchev–Trinajstić information content (AvgIpc) is 3.11. The molecule has 0 radical (unpaired) electrons. The van der Waals surface area contributed by atoms with Crippen LogP contribution in [-0.4, -0.2) is 32.1 Å². The minimum atomic E-state index is -0.806. The van der Waals surface area contributed by atoms with E-state index in [0.717, 1.165) is 44.8 Å². The smallest absolute Gasteiger partial charge is 0.309 e.